The highest BCUT2D eigenvalue weighted by Gasteiger charge is 2.49. The Balaban J connectivity index is 1.96. The molecule has 2 aliphatic rings. The van der Waals surface area contributed by atoms with Gasteiger partial charge in [-0.25, -0.2) is 9.18 Å². The van der Waals surface area contributed by atoms with Crippen molar-refractivity contribution in [1.82, 2.24) is 4.57 Å². The van der Waals surface area contributed by atoms with E-state index < -0.39 is 47.5 Å². The third-order valence-corrected chi connectivity index (χ3v) is 5.67. The lowest BCUT2D eigenvalue weighted by Gasteiger charge is -2.25. The molecule has 2 fully saturated rings. The lowest BCUT2D eigenvalue weighted by Crippen LogP contribution is -2.38. The van der Waals surface area contributed by atoms with Gasteiger partial charge in [0, 0.05) is 31.4 Å². The molecule has 0 unspecified atom stereocenters. The molecule has 2 atom stereocenters. The minimum absolute atomic E-state index is 0.109. The Morgan fingerprint density at radius 2 is 1.97 bits per heavy atom. The molecule has 30 heavy (non-hydrogen) atoms. The van der Waals surface area contributed by atoms with Crippen molar-refractivity contribution < 1.29 is 32.2 Å². The van der Waals surface area contributed by atoms with Crippen molar-refractivity contribution in [3.8, 4) is 5.75 Å². The van der Waals surface area contributed by atoms with Gasteiger partial charge in [0.15, 0.2) is 11.6 Å². The number of alkyl halides is 3. The summed E-state index contributed by atoms with van der Waals surface area (Å²) in [5.41, 5.74) is 4.22. The van der Waals surface area contributed by atoms with E-state index in [1.165, 1.54) is 18.2 Å². The molecule has 0 bridgehead atoms. The Labute approximate surface area is 167 Å². The van der Waals surface area contributed by atoms with Crippen molar-refractivity contribution >= 4 is 22.6 Å². The molecule has 1 saturated carbocycles. The highest BCUT2D eigenvalue weighted by Crippen LogP contribution is 2.45. The smallest absolute Gasteiger partial charge is 0.395 e. The fourth-order valence-electron chi connectivity index (χ4n) is 4.08. The zero-order valence-corrected chi connectivity index (χ0v) is 15.9. The number of ether oxygens (including phenoxy) is 1. The van der Waals surface area contributed by atoms with Crippen LogP contribution >= 0.6 is 0 Å². The Kier molecular flexibility index (Phi) is 4.68. The van der Waals surface area contributed by atoms with Gasteiger partial charge in [0.05, 0.1) is 23.9 Å². The topological polar surface area (TPSA) is 97.8 Å². The fourth-order valence-corrected chi connectivity index (χ4v) is 4.08. The van der Waals surface area contributed by atoms with E-state index in [-0.39, 0.29) is 34.9 Å². The van der Waals surface area contributed by atoms with Crippen LogP contribution in [0.5, 0.6) is 5.75 Å². The summed E-state index contributed by atoms with van der Waals surface area (Å²) >= 11 is 0. The average molecular weight is 429 g/mol. The number of benzene rings is 1. The molecule has 0 radical (unpaired) electrons. The number of carbonyl (C=O) groups is 1. The van der Waals surface area contributed by atoms with Crippen LogP contribution in [0.15, 0.2) is 17.1 Å². The summed E-state index contributed by atoms with van der Waals surface area (Å²) in [6, 6.07) is -0.486. The van der Waals surface area contributed by atoms with Crippen LogP contribution < -0.4 is 20.8 Å². The largest absolute Gasteiger partial charge is 0.492 e. The van der Waals surface area contributed by atoms with Gasteiger partial charge in [0.25, 0.3) is 0 Å². The van der Waals surface area contributed by atoms with E-state index in [1.807, 2.05) is 0 Å². The zero-order valence-electron chi connectivity index (χ0n) is 15.9. The van der Waals surface area contributed by atoms with E-state index in [2.05, 4.69) is 0 Å². The van der Waals surface area contributed by atoms with Gasteiger partial charge in [0.1, 0.15) is 11.3 Å². The van der Waals surface area contributed by atoms with Crippen LogP contribution in [0.3, 0.4) is 0 Å². The molecule has 2 aromatic rings. The van der Waals surface area contributed by atoms with Crippen LogP contribution in [0.2, 0.25) is 0 Å². The van der Waals surface area contributed by atoms with Crippen LogP contribution in [0.1, 0.15) is 29.2 Å². The van der Waals surface area contributed by atoms with Crippen LogP contribution in [-0.4, -0.2) is 48.1 Å². The first-order valence-electron chi connectivity index (χ1n) is 9.30. The zero-order chi connectivity index (χ0) is 22.0. The van der Waals surface area contributed by atoms with Gasteiger partial charge in [-0.05, 0) is 18.9 Å². The lowest BCUT2D eigenvalue weighted by molar-refractivity contribution is -0.171. The summed E-state index contributed by atoms with van der Waals surface area (Å²) in [6.07, 6.45) is -1.92. The molecule has 1 aromatic heterocycles. The Hall–Kier alpha value is -2.82. The molecule has 3 N–H and O–H groups in total. The van der Waals surface area contributed by atoms with Crippen LogP contribution in [0.4, 0.5) is 23.2 Å². The van der Waals surface area contributed by atoms with Gasteiger partial charge >= 0.3 is 12.1 Å². The average Bonchev–Trinajstić information content (AvgIpc) is 3.41. The normalized spacial score (nSPS) is 22.0. The predicted molar refractivity (Wildman–Crippen MR) is 99.7 cm³/mol. The first-order valence-corrected chi connectivity index (χ1v) is 9.30. The molecule has 7 nitrogen and oxygen atoms in total. The first kappa shape index (κ1) is 20.5. The highest BCUT2D eigenvalue weighted by atomic mass is 19.4. The molecule has 162 valence electrons. The second kappa shape index (κ2) is 6.86. The van der Waals surface area contributed by atoms with Gasteiger partial charge < -0.3 is 25.0 Å². The number of carboxylic acids is 1. The standard InChI is InChI=1S/C19H19F4N3O4/c1-30-17-14-9(16(27)10(18(28)29)5-26(14)8-2-3-8)4-12(20)15(17)25-6-11(13(24)7-25)19(21,22)23/h4-5,8,11,13H,2-3,6-7,24H2,1H3,(H,28,29)/t11-,13+/m1/s1. The van der Waals surface area contributed by atoms with E-state index in [0.29, 0.717) is 0 Å². The number of halogens is 4. The molecule has 0 spiro atoms. The second-order valence-corrected chi connectivity index (χ2v) is 7.67. The summed E-state index contributed by atoms with van der Waals surface area (Å²) in [6.45, 7) is -0.797. The minimum Gasteiger partial charge on any atom is -0.492 e. The quantitative estimate of drug-likeness (QED) is 0.725. The maximum atomic E-state index is 15.1. The van der Waals surface area contributed by atoms with Gasteiger partial charge in [-0.2, -0.15) is 13.2 Å². The third kappa shape index (κ3) is 3.17. The molecular formula is C19H19F4N3O4. The summed E-state index contributed by atoms with van der Waals surface area (Å²) in [5, 5.41) is 9.14. The molecule has 11 heteroatoms. The minimum atomic E-state index is -4.54. The van der Waals surface area contributed by atoms with Gasteiger partial charge in [-0.15, -0.1) is 0 Å². The summed E-state index contributed by atoms with van der Waals surface area (Å²) in [7, 11) is 1.22. The molecule has 4 rings (SSSR count). The molecule has 1 aromatic carbocycles. The molecular weight excluding hydrogens is 410 g/mol. The Morgan fingerprint density at radius 1 is 1.30 bits per heavy atom. The predicted octanol–water partition coefficient (Wildman–Crippen LogP) is 2.51. The molecule has 2 heterocycles. The van der Waals surface area contributed by atoms with Gasteiger partial charge in [-0.3, -0.25) is 4.79 Å². The van der Waals surface area contributed by atoms with Crippen molar-refractivity contribution in [2.75, 3.05) is 25.1 Å². The number of pyridine rings is 1. The van der Waals surface area contributed by atoms with Crippen molar-refractivity contribution in [3.63, 3.8) is 0 Å². The third-order valence-electron chi connectivity index (χ3n) is 5.67. The number of methoxy groups -OCH3 is 1. The molecule has 1 aliphatic carbocycles. The number of carboxylic acid groups (broad SMARTS) is 1. The number of hydrogen-bond donors (Lipinski definition) is 2. The SMILES string of the molecule is COc1c(N2C[C@@H](C(F)(F)F)[C@@H](N)C2)c(F)cc2c(=O)c(C(=O)O)cn(C3CC3)c12. The number of hydrogen-bond acceptors (Lipinski definition) is 5. The van der Waals surface area contributed by atoms with Crippen molar-refractivity contribution in [3.05, 3.63) is 33.9 Å². The Bertz CT molecular complexity index is 1090. The number of anilines is 1. The van der Waals surface area contributed by atoms with Crippen LogP contribution in [0, 0.1) is 11.7 Å². The van der Waals surface area contributed by atoms with Crippen molar-refractivity contribution in [2.45, 2.75) is 31.1 Å². The maximum absolute atomic E-state index is 15.1. The first-order chi connectivity index (χ1) is 14.0. The van der Waals surface area contributed by atoms with Crippen LogP contribution in [0.25, 0.3) is 10.9 Å². The maximum Gasteiger partial charge on any atom is 0.395 e. The molecule has 1 saturated heterocycles. The number of nitrogens with two attached hydrogens (primary N) is 1. The van der Waals surface area contributed by atoms with Crippen molar-refractivity contribution in [1.29, 1.82) is 0 Å². The summed E-state index contributed by atoms with van der Waals surface area (Å²) in [5.74, 6) is -4.37. The van der Waals surface area contributed by atoms with Crippen molar-refractivity contribution in [2.24, 2.45) is 11.7 Å². The molecule has 1 aliphatic heterocycles. The van der Waals surface area contributed by atoms with E-state index in [0.717, 1.165) is 18.9 Å². The number of nitrogens with zero attached hydrogens (tertiary/aromatic N) is 2. The van der Waals surface area contributed by atoms with Gasteiger partial charge in [0.2, 0.25) is 5.43 Å². The number of rotatable bonds is 4. The highest BCUT2D eigenvalue weighted by molar-refractivity contribution is 5.97. The van der Waals surface area contributed by atoms with Crippen LogP contribution in [-0.2, 0) is 0 Å². The van der Waals surface area contributed by atoms with E-state index in [4.69, 9.17) is 10.5 Å². The summed E-state index contributed by atoms with van der Waals surface area (Å²) < 4.78 is 61.8. The van der Waals surface area contributed by atoms with E-state index in [9.17, 15) is 27.9 Å². The number of aromatic nitrogens is 1. The monoisotopic (exact) mass is 429 g/mol. The van der Waals surface area contributed by atoms with Gasteiger partial charge in [-0.1, -0.05) is 0 Å². The number of aromatic carboxylic acids is 1. The van der Waals surface area contributed by atoms with E-state index in [1.54, 1.807) is 4.57 Å². The van der Waals surface area contributed by atoms with E-state index >= 15 is 4.39 Å². The molecule has 0 amide bonds. The fraction of sp³-hybridized carbons (Fsp3) is 0.474. The lowest BCUT2D eigenvalue weighted by atomic mass is 10.0. The summed E-state index contributed by atoms with van der Waals surface area (Å²) in [4.78, 5) is 25.3. The number of fused-ring (bicyclic) bond motifs is 1. The second-order valence-electron chi connectivity index (χ2n) is 7.67. The Morgan fingerprint density at radius 3 is 2.47 bits per heavy atom.